The van der Waals surface area contributed by atoms with Crippen LogP contribution >= 0.6 is 0 Å². The van der Waals surface area contributed by atoms with E-state index < -0.39 is 5.97 Å². The van der Waals surface area contributed by atoms with Gasteiger partial charge >= 0.3 is 5.97 Å². The first-order chi connectivity index (χ1) is 9.88. The smallest absolute Gasteiger partial charge is 0.322 e. The summed E-state index contributed by atoms with van der Waals surface area (Å²) in [7, 11) is 3.99. The molecule has 118 valence electrons. The average molecular weight is 294 g/mol. The Morgan fingerprint density at radius 1 is 1.38 bits per heavy atom. The summed E-state index contributed by atoms with van der Waals surface area (Å²) in [5.74, 6) is 0.401. The van der Waals surface area contributed by atoms with Gasteiger partial charge in [0.05, 0.1) is 0 Å². The minimum absolute atomic E-state index is 0.0910. The van der Waals surface area contributed by atoms with Gasteiger partial charge in [-0.25, -0.2) is 0 Å². The Kier molecular flexibility index (Phi) is 7.02. The van der Waals surface area contributed by atoms with Gasteiger partial charge < -0.3 is 20.1 Å². The molecule has 0 heterocycles. The highest BCUT2D eigenvalue weighted by molar-refractivity contribution is 5.73. The summed E-state index contributed by atoms with van der Waals surface area (Å²) in [6.07, 6.45) is 0.903. The van der Waals surface area contributed by atoms with Crippen molar-refractivity contribution >= 4 is 11.7 Å². The third kappa shape index (κ3) is 6.99. The Morgan fingerprint density at radius 3 is 2.67 bits per heavy atom. The monoisotopic (exact) mass is 294 g/mol. The Balaban J connectivity index is 2.78. The van der Waals surface area contributed by atoms with Gasteiger partial charge in [0.25, 0.3) is 0 Å². The van der Waals surface area contributed by atoms with Gasteiger partial charge in [-0.05, 0) is 38.1 Å². The predicted octanol–water partition coefficient (Wildman–Crippen LogP) is 2.32. The molecule has 21 heavy (non-hydrogen) atoms. The molecule has 5 nitrogen and oxygen atoms in total. The summed E-state index contributed by atoms with van der Waals surface area (Å²) in [6.45, 7) is 5.64. The van der Waals surface area contributed by atoms with E-state index in [1.165, 1.54) is 0 Å². The van der Waals surface area contributed by atoms with Crippen molar-refractivity contribution in [1.29, 1.82) is 0 Å². The fourth-order valence-electron chi connectivity index (χ4n) is 1.94. The van der Waals surface area contributed by atoms with E-state index in [-0.39, 0.29) is 6.54 Å². The van der Waals surface area contributed by atoms with Crippen LogP contribution in [0.4, 0.5) is 5.69 Å². The maximum atomic E-state index is 10.7. The fraction of sp³-hybridized carbons (Fsp3) is 0.562. The normalized spacial score (nSPS) is 11.0. The second-order valence-electron chi connectivity index (χ2n) is 5.82. The lowest BCUT2D eigenvalue weighted by Crippen LogP contribution is -2.19. The molecule has 0 aromatic heterocycles. The molecule has 0 atom stereocenters. The second-order valence-corrected chi connectivity index (χ2v) is 5.82. The van der Waals surface area contributed by atoms with Gasteiger partial charge in [-0.3, -0.25) is 4.79 Å². The van der Waals surface area contributed by atoms with Crippen molar-refractivity contribution in [3.8, 4) is 5.75 Å². The molecule has 2 N–H and O–H groups in total. The lowest BCUT2D eigenvalue weighted by atomic mass is 10.0. The van der Waals surface area contributed by atoms with Crippen LogP contribution in [0.5, 0.6) is 5.75 Å². The zero-order chi connectivity index (χ0) is 15.8. The summed E-state index contributed by atoms with van der Waals surface area (Å²) >= 11 is 0. The summed E-state index contributed by atoms with van der Waals surface area (Å²) < 4.78 is 5.70. The number of likely N-dealkylation sites (N-methyl/N-ethyl adjacent to an activating group) is 1. The van der Waals surface area contributed by atoms with Crippen molar-refractivity contribution in [3.05, 3.63) is 23.8 Å². The van der Waals surface area contributed by atoms with E-state index in [1.807, 2.05) is 32.3 Å². The van der Waals surface area contributed by atoms with Crippen molar-refractivity contribution in [1.82, 2.24) is 4.90 Å². The number of benzene rings is 1. The lowest BCUT2D eigenvalue weighted by Gasteiger charge is -2.16. The van der Waals surface area contributed by atoms with E-state index in [0.29, 0.717) is 12.5 Å². The fourth-order valence-corrected chi connectivity index (χ4v) is 1.94. The number of rotatable bonds is 9. The number of carboxylic acids is 1. The molecule has 0 unspecified atom stereocenters. The third-order valence-corrected chi connectivity index (χ3v) is 2.95. The topological polar surface area (TPSA) is 61.8 Å². The van der Waals surface area contributed by atoms with Crippen LogP contribution in [0.25, 0.3) is 0 Å². The Bertz CT molecular complexity index is 459. The molecule has 0 spiro atoms. The van der Waals surface area contributed by atoms with Gasteiger partial charge in [0.1, 0.15) is 18.9 Å². The van der Waals surface area contributed by atoms with Crippen LogP contribution in [0.3, 0.4) is 0 Å². The highest BCUT2D eigenvalue weighted by Gasteiger charge is 2.08. The minimum atomic E-state index is -0.871. The summed E-state index contributed by atoms with van der Waals surface area (Å²) in [5.41, 5.74) is 1.96. The van der Waals surface area contributed by atoms with Gasteiger partial charge in [0.15, 0.2) is 0 Å². The molecule has 0 saturated carbocycles. The average Bonchev–Trinajstić information content (AvgIpc) is 2.37. The first-order valence-corrected chi connectivity index (χ1v) is 7.24. The van der Waals surface area contributed by atoms with E-state index in [4.69, 9.17) is 9.84 Å². The van der Waals surface area contributed by atoms with E-state index in [9.17, 15) is 4.79 Å². The van der Waals surface area contributed by atoms with Crippen LogP contribution in [0.2, 0.25) is 0 Å². The Morgan fingerprint density at radius 2 is 2.10 bits per heavy atom. The van der Waals surface area contributed by atoms with E-state index in [2.05, 4.69) is 24.1 Å². The first-order valence-electron chi connectivity index (χ1n) is 7.24. The molecule has 0 radical (unpaired) electrons. The first kappa shape index (κ1) is 17.3. The van der Waals surface area contributed by atoms with Crippen LogP contribution in [-0.2, 0) is 11.2 Å². The van der Waals surface area contributed by atoms with Crippen molar-refractivity contribution < 1.29 is 14.6 Å². The summed E-state index contributed by atoms with van der Waals surface area (Å²) in [6, 6.07) is 5.84. The molecule has 0 aliphatic heterocycles. The van der Waals surface area contributed by atoms with Gasteiger partial charge in [0.2, 0.25) is 0 Å². The molecule has 0 aliphatic carbocycles. The molecule has 5 heteroatoms. The number of carbonyl (C=O) groups is 1. The molecule has 1 aromatic carbocycles. The van der Waals surface area contributed by atoms with Crippen LogP contribution in [0.1, 0.15) is 19.4 Å². The van der Waals surface area contributed by atoms with Gasteiger partial charge in [-0.2, -0.15) is 0 Å². The zero-order valence-electron chi connectivity index (χ0n) is 13.3. The van der Waals surface area contributed by atoms with E-state index in [0.717, 1.165) is 30.0 Å². The lowest BCUT2D eigenvalue weighted by molar-refractivity contribution is -0.134. The van der Waals surface area contributed by atoms with Crippen molar-refractivity contribution in [2.45, 2.75) is 20.3 Å². The van der Waals surface area contributed by atoms with Gasteiger partial charge in [-0.1, -0.05) is 19.9 Å². The van der Waals surface area contributed by atoms with Crippen LogP contribution in [-0.4, -0.2) is 49.8 Å². The largest absolute Gasteiger partial charge is 0.492 e. The van der Waals surface area contributed by atoms with Crippen molar-refractivity contribution in [3.63, 3.8) is 0 Å². The molecule has 1 rings (SSSR count). The number of aliphatic carboxylic acids is 1. The molecule has 0 aliphatic rings. The number of hydrogen-bond donors (Lipinski definition) is 2. The molecular weight excluding hydrogens is 268 g/mol. The number of anilines is 1. The molecule has 1 aromatic rings. The molecular formula is C16H26N2O3. The zero-order valence-corrected chi connectivity index (χ0v) is 13.3. The standard InChI is InChI=1S/C16H26N2O3/c1-12(2)9-13-5-6-14(21-8-7-18(3)4)10-15(13)17-11-16(19)20/h5-6,10,12,17H,7-9,11H2,1-4H3,(H,19,20). The van der Waals surface area contributed by atoms with Gasteiger partial charge in [-0.15, -0.1) is 0 Å². The molecule has 0 amide bonds. The molecule has 0 bridgehead atoms. The minimum Gasteiger partial charge on any atom is -0.492 e. The summed E-state index contributed by atoms with van der Waals surface area (Å²) in [5, 5.41) is 11.8. The number of nitrogens with zero attached hydrogens (tertiary/aromatic N) is 1. The third-order valence-electron chi connectivity index (χ3n) is 2.95. The highest BCUT2D eigenvalue weighted by atomic mass is 16.5. The Hall–Kier alpha value is -1.75. The number of ether oxygens (including phenoxy) is 1. The van der Waals surface area contributed by atoms with E-state index >= 15 is 0 Å². The number of carboxylic acid groups (broad SMARTS) is 1. The molecule has 0 saturated heterocycles. The predicted molar refractivity (Wildman–Crippen MR) is 85.2 cm³/mol. The maximum absolute atomic E-state index is 10.7. The van der Waals surface area contributed by atoms with Crippen molar-refractivity contribution in [2.24, 2.45) is 5.92 Å². The second kappa shape index (κ2) is 8.52. The van der Waals surface area contributed by atoms with Crippen LogP contribution in [0, 0.1) is 5.92 Å². The Labute approximate surface area is 126 Å². The van der Waals surface area contributed by atoms with E-state index in [1.54, 1.807) is 0 Å². The quantitative estimate of drug-likeness (QED) is 0.732. The number of hydrogen-bond acceptors (Lipinski definition) is 4. The SMILES string of the molecule is CC(C)Cc1ccc(OCCN(C)C)cc1NCC(=O)O. The van der Waals surface area contributed by atoms with Crippen LogP contribution < -0.4 is 10.1 Å². The maximum Gasteiger partial charge on any atom is 0.322 e. The van der Waals surface area contributed by atoms with Gasteiger partial charge in [0, 0.05) is 18.3 Å². The highest BCUT2D eigenvalue weighted by Crippen LogP contribution is 2.25. The van der Waals surface area contributed by atoms with Crippen molar-refractivity contribution in [2.75, 3.05) is 39.1 Å². The number of nitrogens with one attached hydrogen (secondary N) is 1. The summed E-state index contributed by atoms with van der Waals surface area (Å²) in [4.78, 5) is 12.8. The van der Waals surface area contributed by atoms with Crippen LogP contribution in [0.15, 0.2) is 18.2 Å². The molecule has 0 fully saturated rings.